The van der Waals surface area contributed by atoms with Crippen molar-refractivity contribution in [2.75, 3.05) is 13.2 Å². The van der Waals surface area contributed by atoms with Crippen molar-refractivity contribution < 1.29 is 14.3 Å². The highest BCUT2D eigenvalue weighted by atomic mass is 35.5. The van der Waals surface area contributed by atoms with Gasteiger partial charge in [-0.05, 0) is 62.6 Å². The van der Waals surface area contributed by atoms with E-state index >= 15 is 0 Å². The first-order valence-corrected chi connectivity index (χ1v) is 11.2. The number of amides is 2. The number of halogens is 2. The molecule has 0 aliphatic rings. The summed E-state index contributed by atoms with van der Waals surface area (Å²) in [7, 11) is 0. The van der Waals surface area contributed by atoms with Crippen LogP contribution in [0.2, 0.25) is 10.0 Å². The highest BCUT2D eigenvalue weighted by Gasteiger charge is 2.26. The van der Waals surface area contributed by atoms with Crippen LogP contribution < -0.4 is 5.32 Å². The van der Waals surface area contributed by atoms with Crippen molar-refractivity contribution >= 4 is 35.0 Å². The van der Waals surface area contributed by atoms with Crippen LogP contribution in [0.5, 0.6) is 0 Å². The van der Waals surface area contributed by atoms with Crippen LogP contribution in [-0.2, 0) is 27.3 Å². The maximum Gasteiger partial charge on any atom is 0.242 e. The first-order valence-electron chi connectivity index (χ1n) is 10.4. The number of nitrogens with zero attached hydrogens (tertiary/aromatic N) is 1. The molecule has 0 heterocycles. The zero-order valence-corrected chi connectivity index (χ0v) is 19.7. The monoisotopic (exact) mass is 464 g/mol. The van der Waals surface area contributed by atoms with E-state index in [0.717, 1.165) is 11.1 Å². The first-order chi connectivity index (χ1) is 14.8. The lowest BCUT2D eigenvalue weighted by Crippen LogP contribution is -2.48. The van der Waals surface area contributed by atoms with Gasteiger partial charge < -0.3 is 15.0 Å². The molecule has 2 aromatic carbocycles. The maximum atomic E-state index is 13.1. The molecule has 0 spiro atoms. The zero-order chi connectivity index (χ0) is 22.8. The Labute approximate surface area is 194 Å². The molecule has 0 fully saturated rings. The van der Waals surface area contributed by atoms with Gasteiger partial charge in [0.15, 0.2) is 0 Å². The number of ether oxygens (including phenoxy) is 1. The summed E-state index contributed by atoms with van der Waals surface area (Å²) in [6, 6.07) is 13.8. The molecule has 2 aromatic rings. The standard InChI is InChI=1S/C24H30Cl2N2O3/c1-17(2)31-14-4-13-27-24(30)18(3)28(16-20-7-11-22(26)12-8-20)23(29)15-19-5-9-21(25)10-6-19/h5-12,17-18H,4,13-16H2,1-3H3,(H,27,30)/t18-/m0/s1. The topological polar surface area (TPSA) is 58.6 Å². The highest BCUT2D eigenvalue weighted by molar-refractivity contribution is 6.30. The Hall–Kier alpha value is -2.08. The number of hydrogen-bond donors (Lipinski definition) is 1. The van der Waals surface area contributed by atoms with Gasteiger partial charge in [0.2, 0.25) is 11.8 Å². The molecule has 0 saturated heterocycles. The molecular formula is C24H30Cl2N2O3. The van der Waals surface area contributed by atoms with Gasteiger partial charge >= 0.3 is 0 Å². The average Bonchev–Trinajstić information content (AvgIpc) is 2.73. The number of carbonyl (C=O) groups is 2. The summed E-state index contributed by atoms with van der Waals surface area (Å²) < 4.78 is 5.50. The van der Waals surface area contributed by atoms with Gasteiger partial charge in [-0.3, -0.25) is 9.59 Å². The number of rotatable bonds is 11. The van der Waals surface area contributed by atoms with Crippen LogP contribution in [0.25, 0.3) is 0 Å². The van der Waals surface area contributed by atoms with Crippen molar-refractivity contribution in [1.82, 2.24) is 10.2 Å². The van der Waals surface area contributed by atoms with Crippen LogP contribution in [0.4, 0.5) is 0 Å². The second kappa shape index (κ2) is 12.7. The molecular weight excluding hydrogens is 435 g/mol. The fourth-order valence-electron chi connectivity index (χ4n) is 3.00. The molecule has 5 nitrogen and oxygen atoms in total. The smallest absolute Gasteiger partial charge is 0.242 e. The van der Waals surface area contributed by atoms with Crippen LogP contribution in [0.15, 0.2) is 48.5 Å². The van der Waals surface area contributed by atoms with Gasteiger partial charge in [-0.25, -0.2) is 0 Å². The molecule has 0 bridgehead atoms. The Kier molecular flexibility index (Phi) is 10.3. The second-order valence-electron chi connectivity index (χ2n) is 7.69. The highest BCUT2D eigenvalue weighted by Crippen LogP contribution is 2.16. The number of carbonyl (C=O) groups excluding carboxylic acids is 2. The van der Waals surface area contributed by atoms with Gasteiger partial charge in [0.1, 0.15) is 6.04 Å². The summed E-state index contributed by atoms with van der Waals surface area (Å²) in [6.45, 7) is 7.08. The van der Waals surface area contributed by atoms with Gasteiger partial charge in [0.25, 0.3) is 0 Å². The molecule has 0 unspecified atom stereocenters. The molecule has 2 rings (SSSR count). The van der Waals surface area contributed by atoms with Crippen LogP contribution in [0, 0.1) is 0 Å². The zero-order valence-electron chi connectivity index (χ0n) is 18.2. The molecule has 0 aliphatic carbocycles. The van der Waals surface area contributed by atoms with Gasteiger partial charge in [0, 0.05) is 29.7 Å². The lowest BCUT2D eigenvalue weighted by molar-refractivity contribution is -0.140. The molecule has 2 amide bonds. The predicted octanol–water partition coefficient (Wildman–Crippen LogP) is 4.88. The Morgan fingerprint density at radius 2 is 1.48 bits per heavy atom. The Morgan fingerprint density at radius 1 is 0.935 bits per heavy atom. The minimum absolute atomic E-state index is 0.136. The van der Waals surface area contributed by atoms with E-state index in [2.05, 4.69) is 5.32 Å². The Bertz CT molecular complexity index is 839. The molecule has 0 aromatic heterocycles. The maximum absolute atomic E-state index is 13.1. The molecule has 1 atom stereocenters. The van der Waals surface area contributed by atoms with Gasteiger partial charge in [-0.15, -0.1) is 0 Å². The van der Waals surface area contributed by atoms with E-state index in [1.165, 1.54) is 0 Å². The third-order valence-corrected chi connectivity index (χ3v) is 5.28. The second-order valence-corrected chi connectivity index (χ2v) is 8.56. The van der Waals surface area contributed by atoms with Crippen LogP contribution in [0.3, 0.4) is 0 Å². The minimum atomic E-state index is -0.624. The van der Waals surface area contributed by atoms with Crippen molar-refractivity contribution in [3.05, 3.63) is 69.7 Å². The third kappa shape index (κ3) is 8.90. The van der Waals surface area contributed by atoms with E-state index in [0.29, 0.717) is 36.2 Å². The summed E-state index contributed by atoms with van der Waals surface area (Å²) in [5.41, 5.74) is 1.74. The largest absolute Gasteiger partial charge is 0.379 e. The SMILES string of the molecule is CC(C)OCCCNC(=O)[C@H](C)N(Cc1ccc(Cl)cc1)C(=O)Cc1ccc(Cl)cc1. The summed E-state index contributed by atoms with van der Waals surface area (Å²) >= 11 is 11.9. The summed E-state index contributed by atoms with van der Waals surface area (Å²) in [5, 5.41) is 4.14. The van der Waals surface area contributed by atoms with E-state index in [-0.39, 0.29) is 24.3 Å². The molecule has 7 heteroatoms. The molecule has 31 heavy (non-hydrogen) atoms. The quantitative estimate of drug-likeness (QED) is 0.481. The Morgan fingerprint density at radius 3 is 2.03 bits per heavy atom. The lowest BCUT2D eigenvalue weighted by Gasteiger charge is -2.29. The van der Waals surface area contributed by atoms with Crippen LogP contribution in [0.1, 0.15) is 38.3 Å². The summed E-state index contributed by atoms with van der Waals surface area (Å²) in [5.74, 6) is -0.328. The van der Waals surface area contributed by atoms with E-state index < -0.39 is 6.04 Å². The number of benzene rings is 2. The predicted molar refractivity (Wildman–Crippen MR) is 125 cm³/mol. The van der Waals surface area contributed by atoms with Gasteiger partial charge in [-0.2, -0.15) is 0 Å². The molecule has 0 radical (unpaired) electrons. The Balaban J connectivity index is 2.06. The van der Waals surface area contributed by atoms with Gasteiger partial charge in [0.05, 0.1) is 12.5 Å². The third-order valence-electron chi connectivity index (χ3n) is 4.77. The molecule has 168 valence electrons. The fraction of sp³-hybridized carbons (Fsp3) is 0.417. The fourth-order valence-corrected chi connectivity index (χ4v) is 3.25. The van der Waals surface area contributed by atoms with Crippen molar-refractivity contribution in [2.45, 2.75) is 52.3 Å². The van der Waals surface area contributed by atoms with Crippen LogP contribution >= 0.6 is 23.2 Å². The minimum Gasteiger partial charge on any atom is -0.379 e. The summed E-state index contributed by atoms with van der Waals surface area (Å²) in [6.07, 6.45) is 1.06. The molecule has 0 aliphatic heterocycles. The van der Waals surface area contributed by atoms with Gasteiger partial charge in [-0.1, -0.05) is 47.5 Å². The van der Waals surface area contributed by atoms with Crippen molar-refractivity contribution in [3.63, 3.8) is 0 Å². The molecule has 1 N–H and O–H groups in total. The average molecular weight is 465 g/mol. The first kappa shape index (κ1) is 25.2. The van der Waals surface area contributed by atoms with Crippen molar-refractivity contribution in [1.29, 1.82) is 0 Å². The molecule has 0 saturated carbocycles. The van der Waals surface area contributed by atoms with E-state index in [1.807, 2.05) is 38.1 Å². The normalized spacial score (nSPS) is 11.9. The number of nitrogens with one attached hydrogen (secondary N) is 1. The number of hydrogen-bond acceptors (Lipinski definition) is 3. The lowest BCUT2D eigenvalue weighted by atomic mass is 10.1. The van der Waals surface area contributed by atoms with Crippen molar-refractivity contribution in [2.24, 2.45) is 0 Å². The van der Waals surface area contributed by atoms with E-state index in [1.54, 1.807) is 36.1 Å². The van der Waals surface area contributed by atoms with Crippen molar-refractivity contribution in [3.8, 4) is 0 Å². The van der Waals surface area contributed by atoms with E-state index in [4.69, 9.17) is 27.9 Å². The summed E-state index contributed by atoms with van der Waals surface area (Å²) in [4.78, 5) is 27.5. The van der Waals surface area contributed by atoms with E-state index in [9.17, 15) is 9.59 Å². The van der Waals surface area contributed by atoms with Crippen LogP contribution in [-0.4, -0.2) is 42.0 Å².